The lowest BCUT2D eigenvalue weighted by Gasteiger charge is -2.02. The van der Waals surface area contributed by atoms with Crippen molar-refractivity contribution in [2.45, 2.75) is 0 Å². The SMILES string of the molecule is FCOc1[c]c(OCF)ccc1. The Labute approximate surface area is 68.7 Å². The van der Waals surface area contributed by atoms with Crippen LogP contribution in [0.4, 0.5) is 8.78 Å². The molecule has 0 spiro atoms. The molecule has 65 valence electrons. The third-order valence-electron chi connectivity index (χ3n) is 1.16. The molecule has 1 aromatic carbocycles. The van der Waals surface area contributed by atoms with Crippen molar-refractivity contribution in [3.05, 3.63) is 24.3 Å². The zero-order valence-electron chi connectivity index (χ0n) is 6.22. The van der Waals surface area contributed by atoms with E-state index < -0.39 is 13.7 Å². The van der Waals surface area contributed by atoms with Gasteiger partial charge in [0.05, 0.1) is 6.07 Å². The average Bonchev–Trinajstić information content (AvgIpc) is 2.06. The highest BCUT2D eigenvalue weighted by Crippen LogP contribution is 2.18. The van der Waals surface area contributed by atoms with Gasteiger partial charge in [-0.1, -0.05) is 6.07 Å². The van der Waals surface area contributed by atoms with E-state index in [1.807, 2.05) is 0 Å². The van der Waals surface area contributed by atoms with Crippen molar-refractivity contribution >= 4 is 0 Å². The Morgan fingerprint density at radius 3 is 2.00 bits per heavy atom. The molecular formula is C8H7F2O2. The number of hydrogen-bond donors (Lipinski definition) is 0. The molecule has 0 aliphatic rings. The molecule has 0 aliphatic carbocycles. The van der Waals surface area contributed by atoms with Crippen LogP contribution in [0.25, 0.3) is 0 Å². The van der Waals surface area contributed by atoms with Crippen LogP contribution in [0, 0.1) is 6.07 Å². The number of benzene rings is 1. The lowest BCUT2D eigenvalue weighted by Crippen LogP contribution is -1.93. The van der Waals surface area contributed by atoms with Crippen molar-refractivity contribution in [3.8, 4) is 11.5 Å². The summed E-state index contributed by atoms with van der Waals surface area (Å²) in [5.74, 6) is 0.395. The molecular weight excluding hydrogens is 166 g/mol. The van der Waals surface area contributed by atoms with Crippen molar-refractivity contribution < 1.29 is 18.3 Å². The first-order valence-corrected chi connectivity index (χ1v) is 3.26. The molecule has 0 atom stereocenters. The molecule has 0 N–H and O–H groups in total. The maximum absolute atomic E-state index is 11.6. The first-order chi connectivity index (χ1) is 5.86. The monoisotopic (exact) mass is 173 g/mol. The zero-order valence-corrected chi connectivity index (χ0v) is 6.22. The van der Waals surface area contributed by atoms with Crippen molar-refractivity contribution in [1.82, 2.24) is 0 Å². The van der Waals surface area contributed by atoms with Crippen LogP contribution < -0.4 is 9.47 Å². The van der Waals surface area contributed by atoms with Gasteiger partial charge >= 0.3 is 0 Å². The Bertz CT molecular complexity index is 219. The second-order valence-electron chi connectivity index (χ2n) is 1.89. The summed E-state index contributed by atoms with van der Waals surface area (Å²) in [6.45, 7) is -1.87. The lowest BCUT2D eigenvalue weighted by atomic mass is 10.3. The zero-order chi connectivity index (χ0) is 8.81. The van der Waals surface area contributed by atoms with E-state index in [9.17, 15) is 8.78 Å². The van der Waals surface area contributed by atoms with E-state index in [2.05, 4.69) is 15.5 Å². The smallest absolute Gasteiger partial charge is 0.228 e. The summed E-state index contributed by atoms with van der Waals surface area (Å²) in [7, 11) is 0. The van der Waals surface area contributed by atoms with Crippen LogP contribution >= 0.6 is 0 Å². The predicted molar refractivity (Wildman–Crippen MR) is 38.5 cm³/mol. The topological polar surface area (TPSA) is 18.5 Å². The summed E-state index contributed by atoms with van der Waals surface area (Å²) in [4.78, 5) is 0. The fraction of sp³-hybridized carbons (Fsp3) is 0.250. The summed E-state index contributed by atoms with van der Waals surface area (Å²) < 4.78 is 32.2. The first kappa shape index (κ1) is 8.77. The van der Waals surface area contributed by atoms with E-state index in [0.29, 0.717) is 0 Å². The van der Waals surface area contributed by atoms with Crippen molar-refractivity contribution in [2.24, 2.45) is 0 Å². The lowest BCUT2D eigenvalue weighted by molar-refractivity contribution is 0.181. The van der Waals surface area contributed by atoms with E-state index in [4.69, 9.17) is 0 Å². The summed E-state index contributed by atoms with van der Waals surface area (Å²) in [5.41, 5.74) is 0. The minimum Gasteiger partial charge on any atom is -0.462 e. The largest absolute Gasteiger partial charge is 0.462 e. The minimum absolute atomic E-state index is 0.198. The van der Waals surface area contributed by atoms with Crippen LogP contribution in [0.15, 0.2) is 18.2 Å². The van der Waals surface area contributed by atoms with Gasteiger partial charge in [0.15, 0.2) is 0 Å². The number of rotatable bonds is 4. The molecule has 0 fully saturated rings. The second kappa shape index (κ2) is 4.54. The Kier molecular flexibility index (Phi) is 3.32. The summed E-state index contributed by atoms with van der Waals surface area (Å²) in [6.07, 6.45) is 0. The van der Waals surface area contributed by atoms with E-state index in [1.54, 1.807) is 6.07 Å². The van der Waals surface area contributed by atoms with Gasteiger partial charge in [-0.05, 0) is 12.1 Å². The normalized spacial score (nSPS) is 9.50. The third-order valence-corrected chi connectivity index (χ3v) is 1.16. The van der Waals surface area contributed by atoms with Crippen LogP contribution in [0.2, 0.25) is 0 Å². The average molecular weight is 173 g/mol. The van der Waals surface area contributed by atoms with Crippen LogP contribution in [-0.4, -0.2) is 13.7 Å². The Morgan fingerprint density at radius 2 is 1.58 bits per heavy atom. The van der Waals surface area contributed by atoms with Crippen LogP contribution in [0.3, 0.4) is 0 Å². The highest BCUT2D eigenvalue weighted by Gasteiger charge is 1.97. The van der Waals surface area contributed by atoms with E-state index in [1.165, 1.54) is 12.1 Å². The van der Waals surface area contributed by atoms with E-state index in [-0.39, 0.29) is 11.5 Å². The molecule has 0 aromatic heterocycles. The highest BCUT2D eigenvalue weighted by molar-refractivity contribution is 5.30. The van der Waals surface area contributed by atoms with Gasteiger partial charge in [-0.3, -0.25) is 0 Å². The van der Waals surface area contributed by atoms with Crippen molar-refractivity contribution in [2.75, 3.05) is 13.7 Å². The van der Waals surface area contributed by atoms with Crippen molar-refractivity contribution in [3.63, 3.8) is 0 Å². The fourth-order valence-electron chi connectivity index (χ4n) is 0.714. The maximum Gasteiger partial charge on any atom is 0.228 e. The van der Waals surface area contributed by atoms with Gasteiger partial charge in [-0.25, -0.2) is 8.78 Å². The predicted octanol–water partition coefficient (Wildman–Crippen LogP) is 2.10. The molecule has 0 saturated carbocycles. The molecule has 0 bridgehead atoms. The van der Waals surface area contributed by atoms with E-state index >= 15 is 0 Å². The first-order valence-electron chi connectivity index (χ1n) is 3.26. The molecule has 1 rings (SSSR count). The molecule has 1 radical (unpaired) electrons. The number of halogens is 2. The Hall–Kier alpha value is -1.32. The Balaban J connectivity index is 2.67. The quantitative estimate of drug-likeness (QED) is 0.694. The summed E-state index contributed by atoms with van der Waals surface area (Å²) in [5, 5.41) is 0. The molecule has 0 aliphatic heterocycles. The molecule has 4 heteroatoms. The van der Waals surface area contributed by atoms with Gasteiger partial charge in [-0.15, -0.1) is 0 Å². The van der Waals surface area contributed by atoms with Gasteiger partial charge in [0.25, 0.3) is 0 Å². The van der Waals surface area contributed by atoms with Gasteiger partial charge in [0, 0.05) is 0 Å². The molecule has 0 heterocycles. The maximum atomic E-state index is 11.6. The van der Waals surface area contributed by atoms with Gasteiger partial charge in [-0.2, -0.15) is 0 Å². The second-order valence-corrected chi connectivity index (χ2v) is 1.89. The number of hydrogen-bond acceptors (Lipinski definition) is 2. The van der Waals surface area contributed by atoms with Gasteiger partial charge < -0.3 is 9.47 Å². The molecule has 0 amide bonds. The molecule has 1 aromatic rings. The summed E-state index contributed by atoms with van der Waals surface area (Å²) >= 11 is 0. The van der Waals surface area contributed by atoms with E-state index in [0.717, 1.165) is 0 Å². The van der Waals surface area contributed by atoms with Crippen LogP contribution in [0.1, 0.15) is 0 Å². The summed E-state index contributed by atoms with van der Waals surface area (Å²) in [6, 6.07) is 7.09. The van der Waals surface area contributed by atoms with Gasteiger partial charge in [0.2, 0.25) is 13.7 Å². The van der Waals surface area contributed by atoms with Crippen LogP contribution in [-0.2, 0) is 0 Å². The number of alkyl halides is 2. The number of ether oxygens (including phenoxy) is 2. The third kappa shape index (κ3) is 2.38. The standard InChI is InChI=1S/C8H7F2O2/c9-5-11-7-2-1-3-8(4-7)12-6-10/h1-3H,5-6H2. The molecule has 0 unspecified atom stereocenters. The molecule has 0 saturated heterocycles. The Morgan fingerprint density at radius 1 is 1.08 bits per heavy atom. The van der Waals surface area contributed by atoms with Gasteiger partial charge in [0.1, 0.15) is 11.5 Å². The van der Waals surface area contributed by atoms with Crippen LogP contribution in [0.5, 0.6) is 11.5 Å². The molecule has 12 heavy (non-hydrogen) atoms. The fourth-order valence-corrected chi connectivity index (χ4v) is 0.714. The highest BCUT2D eigenvalue weighted by atomic mass is 19.1. The van der Waals surface area contributed by atoms with Crippen molar-refractivity contribution in [1.29, 1.82) is 0 Å². The minimum atomic E-state index is -0.935. The molecule has 2 nitrogen and oxygen atoms in total.